The van der Waals surface area contributed by atoms with Gasteiger partial charge in [0.15, 0.2) is 0 Å². The van der Waals surface area contributed by atoms with Gasteiger partial charge in [-0.25, -0.2) is 4.98 Å². The number of carbonyl (C=O) groups is 2. The number of nitrogens with two attached hydrogens (primary N) is 1. The van der Waals surface area contributed by atoms with Crippen LogP contribution in [-0.2, 0) is 15.1 Å². The average Bonchev–Trinajstić information content (AvgIpc) is 3.19. The minimum atomic E-state index is -4.56. The number of pyridine rings is 2. The van der Waals surface area contributed by atoms with Crippen LogP contribution in [0.1, 0.15) is 32.8 Å². The second-order valence-corrected chi connectivity index (χ2v) is 8.01. The minimum Gasteiger partial charge on any atom is -0.346 e. The summed E-state index contributed by atoms with van der Waals surface area (Å²) in [6.07, 6.45) is 1.90. The molecule has 3 aromatic heterocycles. The molecule has 1 atom stereocenters. The molecule has 176 valence electrons. The molecule has 0 unspecified atom stereocenters. The van der Waals surface area contributed by atoms with Crippen LogP contribution in [-0.4, -0.2) is 39.5 Å². The maximum Gasteiger partial charge on any atom is 0.405 e. The monoisotopic (exact) mass is 462 g/mol. The summed E-state index contributed by atoms with van der Waals surface area (Å²) < 4.78 is 37.9. The second-order valence-electron chi connectivity index (χ2n) is 8.01. The molecule has 0 aromatic carbocycles. The van der Waals surface area contributed by atoms with Crippen LogP contribution in [0.15, 0.2) is 36.9 Å². The molecular formula is C22H25F3N6O2. The van der Waals surface area contributed by atoms with Crippen molar-refractivity contribution in [3.05, 3.63) is 42.5 Å². The van der Waals surface area contributed by atoms with E-state index in [0.717, 1.165) is 0 Å². The summed E-state index contributed by atoms with van der Waals surface area (Å²) in [6.45, 7) is 3.56. The Kier molecular flexibility index (Phi) is 6.73. The molecule has 3 aromatic rings. The number of anilines is 1. The molecule has 0 aliphatic rings. The number of amides is 2. The van der Waals surface area contributed by atoms with E-state index in [2.05, 4.69) is 20.3 Å². The summed E-state index contributed by atoms with van der Waals surface area (Å²) in [5, 5.41) is 5.32. The summed E-state index contributed by atoms with van der Waals surface area (Å²) in [7, 11) is 0. The first-order valence-electron chi connectivity index (χ1n) is 10.3. The number of fused-ring (bicyclic) bond motifs is 1. The summed E-state index contributed by atoms with van der Waals surface area (Å²) in [6, 6.07) is 3.38. The number of nitrogens with one attached hydrogen (secondary N) is 3. The van der Waals surface area contributed by atoms with Crippen molar-refractivity contribution >= 4 is 28.5 Å². The first-order valence-corrected chi connectivity index (χ1v) is 10.3. The standard InChI is InChI=1S/C22H25F3N6O2/c1-4-18(32)31-15-6-16-17(10-29-19(16)28-9-15)13-5-14(8-27-7-13)22(26,12(2)3)20(33)30-11-21(23,24)25/h5-10,12H,4,11,26H2,1-3H3,(H,28,29)(H,30,33)(H,31,32)/t22-/m1/s1. The van der Waals surface area contributed by atoms with E-state index in [0.29, 0.717) is 34.3 Å². The van der Waals surface area contributed by atoms with E-state index in [4.69, 9.17) is 5.73 Å². The van der Waals surface area contributed by atoms with Crippen molar-refractivity contribution in [3.8, 4) is 11.1 Å². The Morgan fingerprint density at radius 3 is 2.55 bits per heavy atom. The third kappa shape index (κ3) is 5.14. The fourth-order valence-electron chi connectivity index (χ4n) is 3.43. The van der Waals surface area contributed by atoms with Crippen molar-refractivity contribution in [2.45, 2.75) is 38.9 Å². The Bertz CT molecular complexity index is 1170. The number of H-pyrrole nitrogens is 1. The van der Waals surface area contributed by atoms with Crippen molar-refractivity contribution in [2.75, 3.05) is 11.9 Å². The number of carbonyl (C=O) groups excluding carboxylic acids is 2. The second kappa shape index (κ2) is 9.18. The van der Waals surface area contributed by atoms with E-state index in [9.17, 15) is 22.8 Å². The van der Waals surface area contributed by atoms with Crippen LogP contribution in [0.4, 0.5) is 18.9 Å². The summed E-state index contributed by atoms with van der Waals surface area (Å²) in [4.78, 5) is 36.0. The lowest BCUT2D eigenvalue weighted by Crippen LogP contribution is -2.56. The van der Waals surface area contributed by atoms with Gasteiger partial charge in [-0.1, -0.05) is 20.8 Å². The highest BCUT2D eigenvalue weighted by Gasteiger charge is 2.41. The van der Waals surface area contributed by atoms with Crippen molar-refractivity contribution in [1.29, 1.82) is 0 Å². The van der Waals surface area contributed by atoms with Crippen molar-refractivity contribution in [1.82, 2.24) is 20.3 Å². The van der Waals surface area contributed by atoms with Gasteiger partial charge < -0.3 is 21.4 Å². The van der Waals surface area contributed by atoms with Gasteiger partial charge in [0.25, 0.3) is 0 Å². The van der Waals surface area contributed by atoms with Crippen LogP contribution in [0.5, 0.6) is 0 Å². The van der Waals surface area contributed by atoms with Gasteiger partial charge >= 0.3 is 6.18 Å². The molecule has 3 heterocycles. The highest BCUT2D eigenvalue weighted by atomic mass is 19.4. The number of aromatic nitrogens is 3. The van der Waals surface area contributed by atoms with Crippen LogP contribution < -0.4 is 16.4 Å². The van der Waals surface area contributed by atoms with Gasteiger partial charge in [0.05, 0.1) is 11.9 Å². The van der Waals surface area contributed by atoms with Crippen LogP contribution in [0.2, 0.25) is 0 Å². The lowest BCUT2D eigenvalue weighted by Gasteiger charge is -2.32. The lowest BCUT2D eigenvalue weighted by molar-refractivity contribution is -0.143. The third-order valence-corrected chi connectivity index (χ3v) is 5.40. The van der Waals surface area contributed by atoms with Gasteiger partial charge in [-0.2, -0.15) is 13.2 Å². The van der Waals surface area contributed by atoms with Crippen LogP contribution in [0.3, 0.4) is 0 Å². The lowest BCUT2D eigenvalue weighted by atomic mass is 9.80. The number of hydrogen-bond donors (Lipinski definition) is 4. The molecule has 8 nitrogen and oxygen atoms in total. The predicted octanol–water partition coefficient (Wildman–Crippen LogP) is 3.46. The number of rotatable bonds is 7. The maximum absolute atomic E-state index is 12.7. The minimum absolute atomic E-state index is 0.161. The van der Waals surface area contributed by atoms with Gasteiger partial charge in [-0.15, -0.1) is 0 Å². The molecule has 33 heavy (non-hydrogen) atoms. The van der Waals surface area contributed by atoms with Crippen LogP contribution >= 0.6 is 0 Å². The molecule has 3 rings (SSSR count). The van der Waals surface area contributed by atoms with Gasteiger partial charge in [-0.05, 0) is 18.1 Å². The van der Waals surface area contributed by atoms with Gasteiger partial charge in [0.1, 0.15) is 17.7 Å². The molecule has 2 amide bonds. The molecule has 0 aliphatic heterocycles. The summed E-state index contributed by atoms with van der Waals surface area (Å²) >= 11 is 0. The number of aromatic amines is 1. The van der Waals surface area contributed by atoms with Crippen LogP contribution in [0.25, 0.3) is 22.2 Å². The van der Waals surface area contributed by atoms with E-state index in [1.165, 1.54) is 12.4 Å². The molecule has 0 fully saturated rings. The number of nitrogens with zero attached hydrogens (tertiary/aromatic N) is 2. The zero-order valence-corrected chi connectivity index (χ0v) is 18.4. The largest absolute Gasteiger partial charge is 0.405 e. The topological polar surface area (TPSA) is 126 Å². The SMILES string of the molecule is CCC(=O)Nc1cnc2[nH]cc(-c3cncc([C@@](N)(C(=O)NCC(F)(F)F)C(C)C)c3)c2c1. The third-order valence-electron chi connectivity index (χ3n) is 5.40. The Labute approximate surface area is 188 Å². The van der Waals surface area contributed by atoms with Crippen LogP contribution in [0, 0.1) is 5.92 Å². The van der Waals surface area contributed by atoms with Gasteiger partial charge in [0, 0.05) is 47.1 Å². The molecule has 5 N–H and O–H groups in total. The van der Waals surface area contributed by atoms with Crippen molar-refractivity contribution in [2.24, 2.45) is 11.7 Å². The highest BCUT2D eigenvalue weighted by Crippen LogP contribution is 2.33. The highest BCUT2D eigenvalue weighted by molar-refractivity contribution is 5.98. The normalized spacial score (nSPS) is 13.7. The Hall–Kier alpha value is -3.47. The van der Waals surface area contributed by atoms with E-state index < -0.39 is 30.1 Å². The first kappa shape index (κ1) is 24.2. The van der Waals surface area contributed by atoms with E-state index in [-0.39, 0.29) is 11.5 Å². The first-order chi connectivity index (χ1) is 15.5. The number of hydrogen-bond acceptors (Lipinski definition) is 5. The molecule has 11 heteroatoms. The maximum atomic E-state index is 12.7. The predicted molar refractivity (Wildman–Crippen MR) is 118 cm³/mol. The molecule has 0 saturated carbocycles. The average molecular weight is 462 g/mol. The Morgan fingerprint density at radius 2 is 1.91 bits per heavy atom. The molecule has 0 bridgehead atoms. The zero-order chi connectivity index (χ0) is 24.4. The molecule has 0 spiro atoms. The molecule has 0 radical (unpaired) electrons. The van der Waals surface area contributed by atoms with E-state index in [1.807, 2.05) is 5.32 Å². The molecular weight excluding hydrogens is 437 g/mol. The van der Waals surface area contributed by atoms with Crippen molar-refractivity contribution < 1.29 is 22.8 Å². The molecule has 0 saturated heterocycles. The zero-order valence-electron chi connectivity index (χ0n) is 18.4. The van der Waals surface area contributed by atoms with E-state index >= 15 is 0 Å². The van der Waals surface area contributed by atoms with E-state index in [1.54, 1.807) is 45.3 Å². The van der Waals surface area contributed by atoms with Crippen molar-refractivity contribution in [3.63, 3.8) is 0 Å². The Balaban J connectivity index is 2.01. The quantitative estimate of drug-likeness (QED) is 0.428. The fourth-order valence-corrected chi connectivity index (χ4v) is 3.43. The number of alkyl halides is 3. The smallest absolute Gasteiger partial charge is 0.346 e. The Morgan fingerprint density at radius 1 is 1.18 bits per heavy atom. The van der Waals surface area contributed by atoms with Gasteiger partial charge in [-0.3, -0.25) is 14.6 Å². The fraction of sp³-hybridized carbons (Fsp3) is 0.364. The number of halogens is 3. The summed E-state index contributed by atoms with van der Waals surface area (Å²) in [5.74, 6) is -1.63. The molecule has 0 aliphatic carbocycles. The summed E-state index contributed by atoms with van der Waals surface area (Å²) in [5.41, 5.74) is 7.25. The van der Waals surface area contributed by atoms with Gasteiger partial charge in [0.2, 0.25) is 11.8 Å².